The highest BCUT2D eigenvalue weighted by Gasteiger charge is 2.06. The molecule has 0 aliphatic rings. The minimum Gasteiger partial charge on any atom is -0.382 e. The highest BCUT2D eigenvalue weighted by Crippen LogP contribution is 2.07. The molecule has 1 nitrogen and oxygen atoms in total. The quantitative estimate of drug-likeness (QED) is 0.620. The smallest absolute Gasteiger partial charge is 0.124 e. The molecular formula is C9H21FO. The van der Waals surface area contributed by atoms with E-state index in [1.807, 2.05) is 27.7 Å². The molecule has 0 spiro atoms. The molecule has 70 valence electrons. The number of ether oxygens (including phenoxy) is 1. The summed E-state index contributed by atoms with van der Waals surface area (Å²) in [6.07, 6.45) is -0.177. The van der Waals surface area contributed by atoms with E-state index in [1.165, 1.54) is 7.11 Å². The van der Waals surface area contributed by atoms with Gasteiger partial charge in [-0.3, -0.25) is 0 Å². The van der Waals surface area contributed by atoms with E-state index in [9.17, 15) is 4.39 Å². The largest absolute Gasteiger partial charge is 0.382 e. The van der Waals surface area contributed by atoms with Crippen LogP contribution in [0, 0.1) is 5.92 Å². The zero-order valence-corrected chi connectivity index (χ0v) is 8.36. The number of rotatable bonds is 4. The Hall–Kier alpha value is -0.110. The van der Waals surface area contributed by atoms with Gasteiger partial charge in [-0.1, -0.05) is 27.7 Å². The Morgan fingerprint density at radius 3 is 2.00 bits per heavy atom. The van der Waals surface area contributed by atoms with Crippen molar-refractivity contribution in [2.24, 2.45) is 5.92 Å². The average Bonchev–Trinajstić information content (AvgIpc) is 1.91. The van der Waals surface area contributed by atoms with E-state index in [0.29, 0.717) is 12.3 Å². The van der Waals surface area contributed by atoms with Crippen LogP contribution in [-0.2, 0) is 4.74 Å². The average molecular weight is 164 g/mol. The third-order valence-corrected chi connectivity index (χ3v) is 1.07. The molecule has 0 saturated heterocycles. The van der Waals surface area contributed by atoms with Gasteiger partial charge in [0, 0.05) is 7.11 Å². The van der Waals surface area contributed by atoms with Gasteiger partial charge in [-0.15, -0.1) is 0 Å². The van der Waals surface area contributed by atoms with Crippen LogP contribution in [0.1, 0.15) is 34.1 Å². The van der Waals surface area contributed by atoms with Crippen LogP contribution in [0.3, 0.4) is 0 Å². The lowest BCUT2D eigenvalue weighted by molar-refractivity contribution is 0.111. The van der Waals surface area contributed by atoms with Crippen molar-refractivity contribution >= 4 is 0 Å². The van der Waals surface area contributed by atoms with E-state index in [2.05, 4.69) is 4.74 Å². The van der Waals surface area contributed by atoms with Gasteiger partial charge in [-0.25, -0.2) is 4.39 Å². The predicted molar refractivity (Wildman–Crippen MR) is 47.6 cm³/mol. The number of halogens is 1. The van der Waals surface area contributed by atoms with Crippen LogP contribution in [0.25, 0.3) is 0 Å². The minimum atomic E-state index is -0.782. The second-order valence-corrected chi connectivity index (χ2v) is 2.68. The summed E-state index contributed by atoms with van der Waals surface area (Å²) in [5.74, 6) is 0.426. The molecular weight excluding hydrogens is 143 g/mol. The van der Waals surface area contributed by atoms with Crippen LogP contribution in [0.15, 0.2) is 0 Å². The Balaban J connectivity index is 0. The summed E-state index contributed by atoms with van der Waals surface area (Å²) in [7, 11) is 1.52. The molecule has 1 unspecified atom stereocenters. The summed E-state index contributed by atoms with van der Waals surface area (Å²) < 4.78 is 17.2. The summed E-state index contributed by atoms with van der Waals surface area (Å²) in [5.41, 5.74) is 0. The normalized spacial score (nSPS) is 12.3. The van der Waals surface area contributed by atoms with E-state index >= 15 is 0 Å². The van der Waals surface area contributed by atoms with Gasteiger partial charge in [0.25, 0.3) is 0 Å². The molecule has 0 aromatic rings. The third kappa shape index (κ3) is 13.0. The van der Waals surface area contributed by atoms with Crippen molar-refractivity contribution in [3.05, 3.63) is 0 Å². The van der Waals surface area contributed by atoms with Gasteiger partial charge in [0.15, 0.2) is 0 Å². The lowest BCUT2D eigenvalue weighted by atomic mass is 10.1. The van der Waals surface area contributed by atoms with E-state index in [0.717, 1.165) is 0 Å². The van der Waals surface area contributed by atoms with Crippen molar-refractivity contribution in [3.63, 3.8) is 0 Å². The lowest BCUT2D eigenvalue weighted by Crippen LogP contribution is -2.11. The van der Waals surface area contributed by atoms with Gasteiger partial charge in [0.1, 0.15) is 6.17 Å². The highest BCUT2D eigenvalue weighted by molar-refractivity contribution is 4.56. The minimum absolute atomic E-state index is 0.234. The zero-order valence-electron chi connectivity index (χ0n) is 8.36. The highest BCUT2D eigenvalue weighted by atomic mass is 19.1. The van der Waals surface area contributed by atoms with Crippen molar-refractivity contribution < 1.29 is 9.13 Å². The maximum absolute atomic E-state index is 12.5. The molecule has 0 fully saturated rings. The van der Waals surface area contributed by atoms with E-state index in [1.54, 1.807) is 0 Å². The molecule has 2 heteroatoms. The SMILES string of the molecule is CC.COCC(F)CC(C)C. The third-order valence-electron chi connectivity index (χ3n) is 1.07. The fourth-order valence-corrected chi connectivity index (χ4v) is 0.760. The van der Waals surface area contributed by atoms with E-state index in [4.69, 9.17) is 0 Å². The van der Waals surface area contributed by atoms with Gasteiger partial charge >= 0.3 is 0 Å². The van der Waals surface area contributed by atoms with Crippen molar-refractivity contribution in [3.8, 4) is 0 Å². The summed E-state index contributed by atoms with van der Waals surface area (Å²) in [6.45, 7) is 8.24. The number of alkyl halides is 1. The molecule has 1 atom stereocenters. The first-order valence-electron chi connectivity index (χ1n) is 4.29. The molecule has 0 aliphatic heterocycles. The second kappa shape index (κ2) is 9.89. The van der Waals surface area contributed by atoms with Gasteiger partial charge < -0.3 is 4.74 Å². The Morgan fingerprint density at radius 1 is 1.27 bits per heavy atom. The first kappa shape index (κ1) is 13.5. The maximum atomic E-state index is 12.5. The van der Waals surface area contributed by atoms with Crippen molar-refractivity contribution in [2.75, 3.05) is 13.7 Å². The number of hydrogen-bond acceptors (Lipinski definition) is 1. The van der Waals surface area contributed by atoms with Gasteiger partial charge in [0.2, 0.25) is 0 Å². The van der Waals surface area contributed by atoms with Gasteiger partial charge in [-0.2, -0.15) is 0 Å². The molecule has 0 bridgehead atoms. The lowest BCUT2D eigenvalue weighted by Gasteiger charge is -2.08. The molecule has 0 heterocycles. The molecule has 11 heavy (non-hydrogen) atoms. The number of methoxy groups -OCH3 is 1. The monoisotopic (exact) mass is 164 g/mol. The molecule has 0 N–H and O–H groups in total. The van der Waals surface area contributed by atoms with Crippen molar-refractivity contribution in [2.45, 2.75) is 40.3 Å². The molecule has 0 saturated carbocycles. The maximum Gasteiger partial charge on any atom is 0.124 e. The zero-order chi connectivity index (χ0) is 9.28. The fraction of sp³-hybridized carbons (Fsp3) is 1.00. The second-order valence-electron chi connectivity index (χ2n) is 2.68. The van der Waals surface area contributed by atoms with Crippen LogP contribution in [0.4, 0.5) is 4.39 Å². The number of hydrogen-bond donors (Lipinski definition) is 0. The van der Waals surface area contributed by atoms with Crippen LogP contribution in [-0.4, -0.2) is 19.9 Å². The van der Waals surface area contributed by atoms with E-state index < -0.39 is 6.17 Å². The standard InChI is InChI=1S/C7H15FO.C2H6/c1-6(2)4-7(8)5-9-3;1-2/h6-7H,4-5H2,1-3H3;1-2H3. The van der Waals surface area contributed by atoms with Gasteiger partial charge in [-0.05, 0) is 12.3 Å². The first-order chi connectivity index (χ1) is 5.16. The Labute approximate surface area is 69.9 Å². The van der Waals surface area contributed by atoms with Crippen molar-refractivity contribution in [1.82, 2.24) is 0 Å². The van der Waals surface area contributed by atoms with Crippen molar-refractivity contribution in [1.29, 1.82) is 0 Å². The van der Waals surface area contributed by atoms with Crippen LogP contribution in [0.5, 0.6) is 0 Å². The molecule has 0 aromatic carbocycles. The molecule has 0 aromatic heterocycles. The Morgan fingerprint density at radius 2 is 1.73 bits per heavy atom. The first-order valence-corrected chi connectivity index (χ1v) is 4.29. The van der Waals surface area contributed by atoms with Gasteiger partial charge in [0.05, 0.1) is 6.61 Å². The summed E-state index contributed by atoms with van der Waals surface area (Å²) in [6, 6.07) is 0. The predicted octanol–water partition coefficient (Wildman–Crippen LogP) is 3.04. The summed E-state index contributed by atoms with van der Waals surface area (Å²) in [5, 5.41) is 0. The van der Waals surface area contributed by atoms with Crippen LogP contribution in [0.2, 0.25) is 0 Å². The molecule has 0 amide bonds. The van der Waals surface area contributed by atoms with Crippen LogP contribution >= 0.6 is 0 Å². The fourth-order valence-electron chi connectivity index (χ4n) is 0.760. The summed E-state index contributed by atoms with van der Waals surface area (Å²) >= 11 is 0. The van der Waals surface area contributed by atoms with E-state index in [-0.39, 0.29) is 6.61 Å². The topological polar surface area (TPSA) is 9.23 Å². The molecule has 0 radical (unpaired) electrons. The van der Waals surface area contributed by atoms with Crippen LogP contribution < -0.4 is 0 Å². The Bertz CT molecular complexity index is 64.6. The summed E-state index contributed by atoms with van der Waals surface area (Å²) in [4.78, 5) is 0. The molecule has 0 rings (SSSR count). The molecule has 0 aliphatic carbocycles. The Kier molecular flexibility index (Phi) is 12.1.